The molecule has 3 rings (SSSR count). The lowest BCUT2D eigenvalue weighted by Crippen LogP contribution is -2.06. The van der Waals surface area contributed by atoms with Gasteiger partial charge in [-0.2, -0.15) is 10.1 Å². The first kappa shape index (κ1) is 14.9. The highest BCUT2D eigenvalue weighted by molar-refractivity contribution is 5.60. The molecule has 2 N–H and O–H groups in total. The van der Waals surface area contributed by atoms with Gasteiger partial charge in [0.05, 0.1) is 6.20 Å². The van der Waals surface area contributed by atoms with Gasteiger partial charge in [-0.3, -0.25) is 4.98 Å². The predicted octanol–water partition coefficient (Wildman–Crippen LogP) is 3.24. The molecule has 6 heteroatoms. The number of nitrogens with one attached hydrogen (secondary N) is 2. The van der Waals surface area contributed by atoms with Gasteiger partial charge >= 0.3 is 0 Å². The van der Waals surface area contributed by atoms with Crippen LogP contribution in [0.1, 0.15) is 16.7 Å². The van der Waals surface area contributed by atoms with Crippen molar-refractivity contribution >= 4 is 17.5 Å². The van der Waals surface area contributed by atoms with Crippen molar-refractivity contribution in [1.82, 2.24) is 20.2 Å². The Bertz CT molecular complexity index is 788. The molecule has 0 unspecified atom stereocenters. The van der Waals surface area contributed by atoms with Crippen LogP contribution in [0.4, 0.5) is 17.5 Å². The normalized spacial score (nSPS) is 10.3. The largest absolute Gasteiger partial charge is 0.349 e. The van der Waals surface area contributed by atoms with Crippen molar-refractivity contribution in [3.05, 3.63) is 65.6 Å². The molecule has 0 radical (unpaired) electrons. The molecule has 0 atom stereocenters. The first-order chi connectivity index (χ1) is 11.2. The van der Waals surface area contributed by atoms with Crippen LogP contribution in [0.2, 0.25) is 0 Å². The molecule has 0 aliphatic rings. The Labute approximate surface area is 135 Å². The standard InChI is InChI=1S/C17H18N6/c1-12-5-6-15(13(2)8-12)21-16-11-20-23-17(22-16)19-10-14-4-3-7-18-9-14/h3-9,11H,10H2,1-2H3,(H2,19,21,22,23). The van der Waals surface area contributed by atoms with E-state index in [1.807, 2.05) is 18.2 Å². The van der Waals surface area contributed by atoms with Gasteiger partial charge in [0.2, 0.25) is 5.95 Å². The maximum absolute atomic E-state index is 4.43. The monoisotopic (exact) mass is 306 g/mol. The molecular formula is C17H18N6. The van der Waals surface area contributed by atoms with E-state index in [0.717, 1.165) is 16.8 Å². The molecule has 1 aromatic carbocycles. The van der Waals surface area contributed by atoms with Gasteiger partial charge in [0.25, 0.3) is 0 Å². The summed E-state index contributed by atoms with van der Waals surface area (Å²) in [6.07, 6.45) is 5.16. The van der Waals surface area contributed by atoms with Gasteiger partial charge in [0.1, 0.15) is 0 Å². The number of hydrogen-bond acceptors (Lipinski definition) is 6. The van der Waals surface area contributed by atoms with Crippen molar-refractivity contribution in [3.63, 3.8) is 0 Å². The van der Waals surface area contributed by atoms with E-state index in [4.69, 9.17) is 0 Å². The Balaban J connectivity index is 1.69. The molecule has 6 nitrogen and oxygen atoms in total. The molecular weight excluding hydrogens is 288 g/mol. The Kier molecular flexibility index (Phi) is 4.42. The van der Waals surface area contributed by atoms with E-state index >= 15 is 0 Å². The molecule has 116 valence electrons. The van der Waals surface area contributed by atoms with E-state index in [0.29, 0.717) is 18.3 Å². The summed E-state index contributed by atoms with van der Waals surface area (Å²) < 4.78 is 0. The molecule has 3 aromatic rings. The van der Waals surface area contributed by atoms with Crippen LogP contribution < -0.4 is 10.6 Å². The molecule has 2 heterocycles. The van der Waals surface area contributed by atoms with Gasteiger partial charge in [0.15, 0.2) is 5.82 Å². The molecule has 23 heavy (non-hydrogen) atoms. The summed E-state index contributed by atoms with van der Waals surface area (Å²) in [5.41, 5.74) is 4.46. The first-order valence-electron chi connectivity index (χ1n) is 7.37. The second kappa shape index (κ2) is 6.83. The summed E-state index contributed by atoms with van der Waals surface area (Å²) in [7, 11) is 0. The zero-order valence-electron chi connectivity index (χ0n) is 13.1. The second-order valence-corrected chi connectivity index (χ2v) is 5.32. The van der Waals surface area contributed by atoms with Crippen LogP contribution in [0.25, 0.3) is 0 Å². The number of benzene rings is 1. The van der Waals surface area contributed by atoms with Crippen LogP contribution in [0.5, 0.6) is 0 Å². The van der Waals surface area contributed by atoms with Crippen molar-refractivity contribution in [2.45, 2.75) is 20.4 Å². The maximum Gasteiger partial charge on any atom is 0.244 e. The SMILES string of the molecule is Cc1ccc(Nc2cnnc(NCc3cccnc3)n2)c(C)c1. The van der Waals surface area contributed by atoms with Gasteiger partial charge in [0, 0.05) is 24.6 Å². The first-order valence-corrected chi connectivity index (χ1v) is 7.37. The molecule has 0 fully saturated rings. The summed E-state index contributed by atoms with van der Waals surface area (Å²) in [6.45, 7) is 4.73. The van der Waals surface area contributed by atoms with E-state index in [1.54, 1.807) is 18.6 Å². The van der Waals surface area contributed by atoms with Crippen molar-refractivity contribution in [2.75, 3.05) is 10.6 Å². The average molecular weight is 306 g/mol. The third kappa shape index (κ3) is 4.00. The predicted molar refractivity (Wildman–Crippen MR) is 90.6 cm³/mol. The number of anilines is 3. The highest BCUT2D eigenvalue weighted by atomic mass is 15.3. The summed E-state index contributed by atoms with van der Waals surface area (Å²) in [6, 6.07) is 10.1. The number of aromatic nitrogens is 4. The Morgan fingerprint density at radius 3 is 2.78 bits per heavy atom. The average Bonchev–Trinajstić information content (AvgIpc) is 2.57. The summed E-state index contributed by atoms with van der Waals surface area (Å²) in [5, 5.41) is 14.4. The minimum Gasteiger partial charge on any atom is -0.349 e. The lowest BCUT2D eigenvalue weighted by atomic mass is 10.1. The van der Waals surface area contributed by atoms with Crippen molar-refractivity contribution < 1.29 is 0 Å². The smallest absolute Gasteiger partial charge is 0.244 e. The molecule has 0 saturated carbocycles. The molecule has 0 aliphatic heterocycles. The number of pyridine rings is 1. The van der Waals surface area contributed by atoms with E-state index in [2.05, 4.69) is 56.8 Å². The third-order valence-corrected chi connectivity index (χ3v) is 3.38. The number of hydrogen-bond donors (Lipinski definition) is 2. The summed E-state index contributed by atoms with van der Waals surface area (Å²) >= 11 is 0. The molecule has 2 aromatic heterocycles. The van der Waals surface area contributed by atoms with Crippen LogP contribution in [0.3, 0.4) is 0 Å². The van der Waals surface area contributed by atoms with Crippen molar-refractivity contribution in [2.24, 2.45) is 0 Å². The zero-order chi connectivity index (χ0) is 16.1. The lowest BCUT2D eigenvalue weighted by Gasteiger charge is -2.10. The highest BCUT2D eigenvalue weighted by Crippen LogP contribution is 2.20. The van der Waals surface area contributed by atoms with Gasteiger partial charge in [-0.25, -0.2) is 0 Å². The zero-order valence-corrected chi connectivity index (χ0v) is 13.1. The molecule has 0 spiro atoms. The second-order valence-electron chi connectivity index (χ2n) is 5.32. The van der Waals surface area contributed by atoms with Crippen molar-refractivity contribution in [3.8, 4) is 0 Å². The fourth-order valence-corrected chi connectivity index (χ4v) is 2.21. The van der Waals surface area contributed by atoms with E-state index in [-0.39, 0.29) is 0 Å². The maximum atomic E-state index is 4.43. The fourth-order valence-electron chi connectivity index (χ4n) is 2.21. The van der Waals surface area contributed by atoms with Crippen molar-refractivity contribution in [1.29, 1.82) is 0 Å². The van der Waals surface area contributed by atoms with Crippen LogP contribution in [-0.4, -0.2) is 20.2 Å². The molecule has 0 amide bonds. The number of nitrogens with zero attached hydrogens (tertiary/aromatic N) is 4. The van der Waals surface area contributed by atoms with Gasteiger partial charge in [-0.05, 0) is 37.1 Å². The highest BCUT2D eigenvalue weighted by Gasteiger charge is 2.03. The topological polar surface area (TPSA) is 75.6 Å². The minimum atomic E-state index is 0.476. The van der Waals surface area contributed by atoms with Crippen LogP contribution in [0.15, 0.2) is 48.9 Å². The lowest BCUT2D eigenvalue weighted by molar-refractivity contribution is 0.946. The molecule has 0 aliphatic carbocycles. The Morgan fingerprint density at radius 1 is 1.09 bits per heavy atom. The minimum absolute atomic E-state index is 0.476. The van der Waals surface area contributed by atoms with E-state index in [9.17, 15) is 0 Å². The number of aryl methyl sites for hydroxylation is 2. The van der Waals surface area contributed by atoms with Crippen LogP contribution in [-0.2, 0) is 6.54 Å². The molecule has 0 bridgehead atoms. The van der Waals surface area contributed by atoms with Crippen LogP contribution in [0, 0.1) is 13.8 Å². The van der Waals surface area contributed by atoms with Crippen LogP contribution >= 0.6 is 0 Å². The Hall–Kier alpha value is -3.02. The Morgan fingerprint density at radius 2 is 2.00 bits per heavy atom. The third-order valence-electron chi connectivity index (χ3n) is 3.38. The summed E-state index contributed by atoms with van der Waals surface area (Å²) in [4.78, 5) is 8.51. The molecule has 0 saturated heterocycles. The van der Waals surface area contributed by atoms with E-state index in [1.165, 1.54) is 5.56 Å². The quantitative estimate of drug-likeness (QED) is 0.753. The fraction of sp³-hybridized carbons (Fsp3) is 0.176. The number of rotatable bonds is 5. The van der Waals surface area contributed by atoms with Gasteiger partial charge < -0.3 is 10.6 Å². The summed E-state index contributed by atoms with van der Waals surface area (Å²) in [5.74, 6) is 1.13. The van der Waals surface area contributed by atoms with E-state index < -0.39 is 0 Å². The van der Waals surface area contributed by atoms with Gasteiger partial charge in [-0.15, -0.1) is 5.10 Å². The van der Waals surface area contributed by atoms with Gasteiger partial charge in [-0.1, -0.05) is 23.8 Å².